The van der Waals surface area contributed by atoms with Gasteiger partial charge in [0.25, 0.3) is 0 Å². The van der Waals surface area contributed by atoms with Crippen LogP contribution >= 0.6 is 24.0 Å². The van der Waals surface area contributed by atoms with Crippen LogP contribution in [0.3, 0.4) is 0 Å². The molecule has 1 N–H and O–H groups in total. The molecule has 1 atom stereocenters. The fourth-order valence-corrected chi connectivity index (χ4v) is 2.55. The molecular weight excluding hydrogens is 353 g/mol. The average Bonchev–Trinajstić information content (AvgIpc) is 2.75. The number of methoxy groups -OCH3 is 1. The van der Waals surface area contributed by atoms with Crippen LogP contribution in [-0.4, -0.2) is 50.8 Å². The molecule has 0 aromatic heterocycles. The third kappa shape index (κ3) is 7.34. The number of nitrogens with zero attached hydrogens (tertiary/aromatic N) is 2. The number of nitrogens with one attached hydrogen (secondary N) is 1. The third-order valence-corrected chi connectivity index (χ3v) is 3.28. The van der Waals surface area contributed by atoms with Gasteiger partial charge in [-0.05, 0) is 31.6 Å². The average molecular weight is 383 g/mol. The summed E-state index contributed by atoms with van der Waals surface area (Å²) in [5.41, 5.74) is 0. The molecule has 1 saturated heterocycles. The van der Waals surface area contributed by atoms with E-state index in [0.717, 1.165) is 44.0 Å². The van der Waals surface area contributed by atoms with Crippen LogP contribution in [0.2, 0.25) is 0 Å². The van der Waals surface area contributed by atoms with Gasteiger partial charge in [0.05, 0.1) is 13.2 Å². The largest absolute Gasteiger partial charge is 0.383 e. The molecule has 0 saturated carbocycles. The number of hydrogen-bond donors (Lipinski definition) is 1. The molecule has 0 aliphatic carbocycles. The van der Waals surface area contributed by atoms with E-state index < -0.39 is 0 Å². The van der Waals surface area contributed by atoms with Gasteiger partial charge in [-0.25, -0.2) is 0 Å². The predicted octanol–water partition coefficient (Wildman–Crippen LogP) is 2.58. The lowest BCUT2D eigenvalue weighted by molar-refractivity contribution is 0.207. The molecule has 1 heterocycles. The molecule has 4 nitrogen and oxygen atoms in total. The maximum absolute atomic E-state index is 5.05. The Kier molecular flexibility index (Phi) is 10.7. The Morgan fingerprint density at radius 2 is 2.21 bits per heavy atom. The van der Waals surface area contributed by atoms with E-state index in [4.69, 9.17) is 4.74 Å². The van der Waals surface area contributed by atoms with E-state index in [1.807, 2.05) is 0 Å². The molecule has 1 aliphatic heterocycles. The highest BCUT2D eigenvalue weighted by Crippen LogP contribution is 2.23. The first-order valence-corrected chi connectivity index (χ1v) is 7.19. The zero-order valence-electron chi connectivity index (χ0n) is 12.8. The molecule has 1 unspecified atom stereocenters. The maximum atomic E-state index is 5.05. The lowest BCUT2D eigenvalue weighted by atomic mass is 9.97. The third-order valence-electron chi connectivity index (χ3n) is 3.28. The molecule has 1 fully saturated rings. The summed E-state index contributed by atoms with van der Waals surface area (Å²) >= 11 is 0. The molecule has 0 aromatic rings. The standard InChI is InChI=1S/C14H29N3O.HI/c1-5-15-14(16-7-9-18-4)17-8-6-13(11-17)10-12(2)3;/h12-13H,5-11H2,1-4H3,(H,15,16);1H. The van der Waals surface area contributed by atoms with E-state index in [0.29, 0.717) is 6.61 Å². The van der Waals surface area contributed by atoms with Crippen LogP contribution in [-0.2, 0) is 4.74 Å². The minimum atomic E-state index is 0. The minimum absolute atomic E-state index is 0. The molecule has 0 spiro atoms. The second-order valence-electron chi connectivity index (χ2n) is 5.46. The molecule has 0 amide bonds. The van der Waals surface area contributed by atoms with Gasteiger partial charge < -0.3 is 15.0 Å². The van der Waals surface area contributed by atoms with Crippen LogP contribution in [0.1, 0.15) is 33.6 Å². The van der Waals surface area contributed by atoms with Gasteiger partial charge in [0, 0.05) is 26.7 Å². The minimum Gasteiger partial charge on any atom is -0.383 e. The van der Waals surface area contributed by atoms with E-state index in [1.54, 1.807) is 7.11 Å². The monoisotopic (exact) mass is 383 g/mol. The zero-order chi connectivity index (χ0) is 13.4. The number of ether oxygens (including phenoxy) is 1. The van der Waals surface area contributed by atoms with Crippen molar-refractivity contribution in [1.82, 2.24) is 10.2 Å². The fourth-order valence-electron chi connectivity index (χ4n) is 2.55. The molecule has 0 aromatic carbocycles. The van der Waals surface area contributed by atoms with Crippen molar-refractivity contribution in [3.05, 3.63) is 0 Å². The van der Waals surface area contributed by atoms with Crippen molar-refractivity contribution in [3.63, 3.8) is 0 Å². The number of hydrogen-bond acceptors (Lipinski definition) is 2. The summed E-state index contributed by atoms with van der Waals surface area (Å²) in [5, 5.41) is 3.38. The van der Waals surface area contributed by atoms with E-state index >= 15 is 0 Å². The number of aliphatic imine (C=N–C) groups is 1. The van der Waals surface area contributed by atoms with Gasteiger partial charge in [-0.15, -0.1) is 24.0 Å². The van der Waals surface area contributed by atoms with Crippen LogP contribution in [0.5, 0.6) is 0 Å². The summed E-state index contributed by atoms with van der Waals surface area (Å²) in [5.74, 6) is 2.68. The first-order chi connectivity index (χ1) is 8.67. The molecule has 0 radical (unpaired) electrons. The van der Waals surface area contributed by atoms with Crippen LogP contribution in [0.4, 0.5) is 0 Å². The highest BCUT2D eigenvalue weighted by molar-refractivity contribution is 14.0. The zero-order valence-corrected chi connectivity index (χ0v) is 15.1. The van der Waals surface area contributed by atoms with E-state index in [9.17, 15) is 0 Å². The first-order valence-electron chi connectivity index (χ1n) is 7.19. The van der Waals surface area contributed by atoms with Crippen molar-refractivity contribution in [2.24, 2.45) is 16.8 Å². The Labute approximate surface area is 135 Å². The van der Waals surface area contributed by atoms with Gasteiger partial charge in [0.2, 0.25) is 0 Å². The van der Waals surface area contributed by atoms with E-state index in [1.165, 1.54) is 12.8 Å². The Bertz CT molecular complexity index is 259. The topological polar surface area (TPSA) is 36.9 Å². The molecule has 114 valence electrons. The highest BCUT2D eigenvalue weighted by atomic mass is 127. The summed E-state index contributed by atoms with van der Waals surface area (Å²) in [6.45, 7) is 11.4. The van der Waals surface area contributed by atoms with Crippen molar-refractivity contribution < 1.29 is 4.74 Å². The van der Waals surface area contributed by atoms with Gasteiger partial charge in [0.15, 0.2) is 5.96 Å². The molecule has 5 heteroatoms. The van der Waals surface area contributed by atoms with Gasteiger partial charge in [-0.2, -0.15) is 0 Å². The predicted molar refractivity (Wildman–Crippen MR) is 92.4 cm³/mol. The number of guanidine groups is 1. The first kappa shape index (κ1) is 19.0. The second-order valence-corrected chi connectivity index (χ2v) is 5.46. The van der Waals surface area contributed by atoms with Gasteiger partial charge in [-0.1, -0.05) is 13.8 Å². The van der Waals surface area contributed by atoms with Crippen molar-refractivity contribution in [2.45, 2.75) is 33.6 Å². The molecular formula is C14H30IN3O. The summed E-state index contributed by atoms with van der Waals surface area (Å²) in [6, 6.07) is 0. The number of halogens is 1. The Morgan fingerprint density at radius 1 is 1.47 bits per heavy atom. The van der Waals surface area contributed by atoms with E-state index in [2.05, 4.69) is 36.0 Å². The summed E-state index contributed by atoms with van der Waals surface area (Å²) in [4.78, 5) is 7.00. The van der Waals surface area contributed by atoms with Crippen LogP contribution in [0.15, 0.2) is 4.99 Å². The lowest BCUT2D eigenvalue weighted by Gasteiger charge is -2.22. The highest BCUT2D eigenvalue weighted by Gasteiger charge is 2.25. The Morgan fingerprint density at radius 3 is 2.79 bits per heavy atom. The SMILES string of the molecule is CCNC(=NCCOC)N1CCC(CC(C)C)C1.I. The molecule has 0 bridgehead atoms. The number of rotatable bonds is 6. The number of likely N-dealkylation sites (tertiary alicyclic amines) is 1. The van der Waals surface area contributed by atoms with Crippen molar-refractivity contribution in [2.75, 3.05) is 39.9 Å². The van der Waals surface area contributed by atoms with Crippen LogP contribution < -0.4 is 5.32 Å². The lowest BCUT2D eigenvalue weighted by Crippen LogP contribution is -2.40. The van der Waals surface area contributed by atoms with Crippen molar-refractivity contribution in [3.8, 4) is 0 Å². The smallest absolute Gasteiger partial charge is 0.194 e. The van der Waals surface area contributed by atoms with Crippen LogP contribution in [0.25, 0.3) is 0 Å². The summed E-state index contributed by atoms with van der Waals surface area (Å²) < 4.78 is 5.05. The van der Waals surface area contributed by atoms with Crippen molar-refractivity contribution in [1.29, 1.82) is 0 Å². The molecule has 1 rings (SSSR count). The normalized spacial score (nSPS) is 19.7. The second kappa shape index (κ2) is 10.7. The maximum Gasteiger partial charge on any atom is 0.194 e. The van der Waals surface area contributed by atoms with Gasteiger partial charge in [0.1, 0.15) is 0 Å². The Balaban J connectivity index is 0.00000324. The van der Waals surface area contributed by atoms with E-state index in [-0.39, 0.29) is 24.0 Å². The molecule has 19 heavy (non-hydrogen) atoms. The summed E-state index contributed by atoms with van der Waals surface area (Å²) in [6.07, 6.45) is 2.63. The quantitative estimate of drug-likeness (QED) is 0.332. The fraction of sp³-hybridized carbons (Fsp3) is 0.929. The molecule has 1 aliphatic rings. The van der Waals surface area contributed by atoms with Crippen molar-refractivity contribution >= 4 is 29.9 Å². The Hall–Kier alpha value is -0.0400. The van der Waals surface area contributed by atoms with Crippen LogP contribution in [0, 0.1) is 11.8 Å². The van der Waals surface area contributed by atoms with Gasteiger partial charge >= 0.3 is 0 Å². The summed E-state index contributed by atoms with van der Waals surface area (Å²) in [7, 11) is 1.72. The van der Waals surface area contributed by atoms with Gasteiger partial charge in [-0.3, -0.25) is 4.99 Å².